The van der Waals surface area contributed by atoms with Crippen LogP contribution in [0.2, 0.25) is 0 Å². The van der Waals surface area contributed by atoms with Gasteiger partial charge in [-0.2, -0.15) is 0 Å². The number of cyclic esters (lactones) is 2. The van der Waals surface area contributed by atoms with Crippen LogP contribution in [0.5, 0.6) is 0 Å². The smallest absolute Gasteiger partial charge is 0.425 e. The quantitative estimate of drug-likeness (QED) is 0.418. The van der Waals surface area contributed by atoms with Crippen LogP contribution in [0, 0.1) is 0 Å². The summed E-state index contributed by atoms with van der Waals surface area (Å²) in [6.07, 6.45) is -0.359. The molecule has 2 rings (SSSR count). The normalized spacial score (nSPS) is 24.0. The second-order valence-corrected chi connectivity index (χ2v) is 5.47. The first kappa shape index (κ1) is 18.8. The SMILES string of the molecule is O=C1CCCCC(OC(=O)OCOC(=O)OC2CCCCC(=O)O2)O1. The van der Waals surface area contributed by atoms with Crippen molar-refractivity contribution in [1.29, 1.82) is 0 Å². The van der Waals surface area contributed by atoms with Crippen molar-refractivity contribution < 1.29 is 47.6 Å². The van der Waals surface area contributed by atoms with Crippen LogP contribution in [0.15, 0.2) is 0 Å². The number of rotatable bonds is 4. The molecular weight excluding hydrogens is 340 g/mol. The van der Waals surface area contributed by atoms with Gasteiger partial charge in [-0.15, -0.1) is 0 Å². The molecule has 2 saturated heterocycles. The molecule has 0 amide bonds. The predicted octanol–water partition coefficient (Wildman–Crippen LogP) is 2.14. The van der Waals surface area contributed by atoms with E-state index in [1.165, 1.54) is 0 Å². The molecule has 0 aromatic heterocycles. The Bertz CT molecular complexity index is 459. The standard InChI is InChI=1S/C15H20O10/c16-10-5-1-3-7-12(22-10)24-14(18)20-9-21-15(19)25-13-8-4-2-6-11(17)23-13/h12-13H,1-9H2. The Hall–Kier alpha value is -2.52. The molecule has 2 atom stereocenters. The van der Waals surface area contributed by atoms with Crippen LogP contribution >= 0.6 is 0 Å². The molecule has 2 heterocycles. The van der Waals surface area contributed by atoms with Gasteiger partial charge in [0.2, 0.25) is 6.79 Å². The molecular formula is C15H20O10. The van der Waals surface area contributed by atoms with Crippen molar-refractivity contribution in [2.45, 2.75) is 63.9 Å². The lowest BCUT2D eigenvalue weighted by atomic mass is 10.2. The molecule has 10 heteroatoms. The van der Waals surface area contributed by atoms with Crippen LogP contribution in [-0.4, -0.2) is 43.6 Å². The van der Waals surface area contributed by atoms with Gasteiger partial charge in [-0.25, -0.2) is 9.59 Å². The second-order valence-electron chi connectivity index (χ2n) is 5.47. The van der Waals surface area contributed by atoms with Gasteiger partial charge >= 0.3 is 24.2 Å². The highest BCUT2D eigenvalue weighted by Crippen LogP contribution is 2.17. The molecule has 140 valence electrons. The molecule has 0 radical (unpaired) electrons. The van der Waals surface area contributed by atoms with Gasteiger partial charge in [0, 0.05) is 25.7 Å². The van der Waals surface area contributed by atoms with Crippen LogP contribution in [0.1, 0.15) is 51.4 Å². The molecule has 0 bridgehead atoms. The van der Waals surface area contributed by atoms with Crippen LogP contribution in [0.25, 0.3) is 0 Å². The lowest BCUT2D eigenvalue weighted by molar-refractivity contribution is -0.173. The fraction of sp³-hybridized carbons (Fsp3) is 0.733. The number of ether oxygens (including phenoxy) is 6. The Balaban J connectivity index is 1.62. The van der Waals surface area contributed by atoms with Gasteiger partial charge < -0.3 is 28.4 Å². The molecule has 2 unspecified atom stereocenters. The maximum absolute atomic E-state index is 11.5. The summed E-state index contributed by atoms with van der Waals surface area (Å²) >= 11 is 0. The third-order valence-electron chi connectivity index (χ3n) is 3.48. The maximum atomic E-state index is 11.5. The number of esters is 2. The van der Waals surface area contributed by atoms with Crippen LogP contribution in [0.4, 0.5) is 9.59 Å². The first-order chi connectivity index (χ1) is 12.0. The lowest BCUT2D eigenvalue weighted by Crippen LogP contribution is -2.26. The highest BCUT2D eigenvalue weighted by Gasteiger charge is 2.24. The molecule has 0 spiro atoms. The highest BCUT2D eigenvalue weighted by atomic mass is 16.9. The highest BCUT2D eigenvalue weighted by molar-refractivity contribution is 5.70. The number of hydrogen-bond acceptors (Lipinski definition) is 10. The summed E-state index contributed by atoms with van der Waals surface area (Å²) in [5.41, 5.74) is 0. The van der Waals surface area contributed by atoms with Crippen LogP contribution in [0.3, 0.4) is 0 Å². The molecule has 0 aliphatic carbocycles. The van der Waals surface area contributed by atoms with Gasteiger partial charge in [0.05, 0.1) is 0 Å². The molecule has 0 aromatic carbocycles. The van der Waals surface area contributed by atoms with Crippen molar-refractivity contribution in [3.8, 4) is 0 Å². The molecule has 10 nitrogen and oxygen atoms in total. The second kappa shape index (κ2) is 9.70. The number of hydrogen-bond donors (Lipinski definition) is 0. The van der Waals surface area contributed by atoms with E-state index in [4.69, 9.17) is 18.9 Å². The number of carbonyl (C=O) groups is 4. The minimum atomic E-state index is -1.15. The van der Waals surface area contributed by atoms with Crippen molar-refractivity contribution in [2.24, 2.45) is 0 Å². The zero-order valence-electron chi connectivity index (χ0n) is 13.6. The molecule has 2 fully saturated rings. The first-order valence-electron chi connectivity index (χ1n) is 8.09. The average Bonchev–Trinajstić information content (AvgIpc) is 2.87. The van der Waals surface area contributed by atoms with Crippen molar-refractivity contribution in [3.05, 3.63) is 0 Å². The summed E-state index contributed by atoms with van der Waals surface area (Å²) in [7, 11) is 0. The number of carbonyl (C=O) groups excluding carboxylic acids is 4. The molecule has 0 saturated carbocycles. The third-order valence-corrected chi connectivity index (χ3v) is 3.48. The van der Waals surface area contributed by atoms with Gasteiger partial charge in [-0.1, -0.05) is 0 Å². The van der Waals surface area contributed by atoms with E-state index < -0.39 is 43.6 Å². The molecule has 0 N–H and O–H groups in total. The molecule has 25 heavy (non-hydrogen) atoms. The Morgan fingerprint density at radius 3 is 1.68 bits per heavy atom. The van der Waals surface area contributed by atoms with Gasteiger partial charge in [0.1, 0.15) is 0 Å². The van der Waals surface area contributed by atoms with Crippen molar-refractivity contribution in [3.63, 3.8) is 0 Å². The summed E-state index contributed by atoms with van der Waals surface area (Å²) in [4.78, 5) is 45.4. The molecule has 2 aliphatic rings. The van der Waals surface area contributed by atoms with Gasteiger partial charge in [-0.3, -0.25) is 9.59 Å². The average molecular weight is 360 g/mol. The summed E-state index contributed by atoms with van der Waals surface area (Å²) in [5, 5.41) is 0. The van der Waals surface area contributed by atoms with E-state index in [9.17, 15) is 19.2 Å². The van der Waals surface area contributed by atoms with E-state index in [1.807, 2.05) is 0 Å². The largest absolute Gasteiger partial charge is 0.514 e. The van der Waals surface area contributed by atoms with Gasteiger partial charge in [-0.05, 0) is 25.7 Å². The fourth-order valence-corrected chi connectivity index (χ4v) is 2.26. The monoisotopic (exact) mass is 360 g/mol. The third kappa shape index (κ3) is 7.27. The Morgan fingerprint density at radius 1 is 0.800 bits per heavy atom. The first-order valence-corrected chi connectivity index (χ1v) is 8.09. The topological polar surface area (TPSA) is 124 Å². The van der Waals surface area contributed by atoms with E-state index in [0.717, 1.165) is 0 Å². The zero-order chi connectivity index (χ0) is 18.1. The summed E-state index contributed by atoms with van der Waals surface area (Å²) in [6.45, 7) is -0.751. The van der Waals surface area contributed by atoms with Gasteiger partial charge in [0.15, 0.2) is 0 Å². The predicted molar refractivity (Wildman–Crippen MR) is 76.7 cm³/mol. The van der Waals surface area contributed by atoms with E-state index in [1.54, 1.807) is 0 Å². The Labute approximate surface area is 143 Å². The molecule has 2 aliphatic heterocycles. The molecule has 0 aromatic rings. The van der Waals surface area contributed by atoms with E-state index in [2.05, 4.69) is 9.47 Å². The Kier molecular flexibility index (Phi) is 7.30. The van der Waals surface area contributed by atoms with Crippen LogP contribution < -0.4 is 0 Å². The lowest BCUT2D eigenvalue weighted by Gasteiger charge is -2.16. The minimum absolute atomic E-state index is 0.273. The Morgan fingerprint density at radius 2 is 1.24 bits per heavy atom. The van der Waals surface area contributed by atoms with E-state index in [-0.39, 0.29) is 12.8 Å². The fourth-order valence-electron chi connectivity index (χ4n) is 2.26. The van der Waals surface area contributed by atoms with Crippen molar-refractivity contribution >= 4 is 24.2 Å². The zero-order valence-corrected chi connectivity index (χ0v) is 13.6. The minimum Gasteiger partial charge on any atom is -0.425 e. The van der Waals surface area contributed by atoms with Crippen LogP contribution in [-0.2, 0) is 38.0 Å². The van der Waals surface area contributed by atoms with Crippen molar-refractivity contribution in [1.82, 2.24) is 0 Å². The summed E-state index contributed by atoms with van der Waals surface area (Å²) < 4.78 is 28.5. The summed E-state index contributed by atoms with van der Waals surface area (Å²) in [6, 6.07) is 0. The van der Waals surface area contributed by atoms with Crippen molar-refractivity contribution in [2.75, 3.05) is 6.79 Å². The van der Waals surface area contributed by atoms with E-state index >= 15 is 0 Å². The maximum Gasteiger partial charge on any atom is 0.514 e. The van der Waals surface area contributed by atoms with E-state index in [0.29, 0.717) is 38.5 Å². The van der Waals surface area contributed by atoms with Gasteiger partial charge in [0.25, 0.3) is 12.6 Å². The summed E-state index contributed by atoms with van der Waals surface area (Å²) in [5.74, 6) is -0.902.